The number of ether oxygens (including phenoxy) is 1. The number of nitrogens with one attached hydrogen (secondary N) is 1. The molecule has 0 saturated heterocycles. The number of carbonyl (C=O) groups excluding carboxylic acids is 2. The van der Waals surface area contributed by atoms with Gasteiger partial charge in [-0.25, -0.2) is 4.57 Å². The molecule has 470 valence electrons. The van der Waals surface area contributed by atoms with E-state index in [1.807, 2.05) is 33.3 Å². The Hall–Kier alpha value is -2.03. The number of nitrogens with zero attached hydrogens (tertiary/aromatic N) is 1. The summed E-state index contributed by atoms with van der Waals surface area (Å²) in [6.07, 6.45) is 75.5. The van der Waals surface area contributed by atoms with Gasteiger partial charge in [-0.2, -0.15) is 0 Å². The van der Waals surface area contributed by atoms with Crippen LogP contribution in [-0.4, -0.2) is 74.3 Å². The predicted octanol–water partition coefficient (Wildman–Crippen LogP) is 21.6. The second kappa shape index (κ2) is 60.1. The molecule has 80 heavy (non-hydrogen) atoms. The molecule has 0 heterocycles. The minimum atomic E-state index is -4.45. The average molecular weight is 1150 g/mol. The molecule has 0 fully saturated rings. The fraction of sp³-hybridized carbons (Fsp3) is 0.857. The van der Waals surface area contributed by atoms with Gasteiger partial charge in [0.2, 0.25) is 5.91 Å². The van der Waals surface area contributed by atoms with Crippen molar-refractivity contribution in [1.82, 2.24) is 5.32 Å². The standard InChI is InChI=1S/C70H133N2O7P/c1-7-10-13-16-19-22-25-28-30-31-32-33-34-35-36-37-38-39-40-41-42-44-47-50-53-56-59-62-69(73)71-67(66-78-80(75,76)77-65-64-72(4,5)6)68(61-58-55-52-49-46-43-27-24-21-18-15-12-9-3)79-70(74)63-60-57-54-51-48-45-29-26-23-20-17-14-11-8-2/h19,22,28,30,45,48,58,61,67-68H,7-18,20-21,23-27,29,31-44,46-47,49-57,59-60,62-66H2,1-6H3,(H-,71,73,75,76)/p+1/b22-19-,30-28-,48-45-,61-58-. The normalized spacial score (nSPS) is 13.8. The summed E-state index contributed by atoms with van der Waals surface area (Å²) in [5.41, 5.74) is 0. The number of esters is 1. The summed E-state index contributed by atoms with van der Waals surface area (Å²) in [5, 5.41) is 3.07. The molecule has 10 heteroatoms. The van der Waals surface area contributed by atoms with Gasteiger partial charge < -0.3 is 19.4 Å². The van der Waals surface area contributed by atoms with Crippen molar-refractivity contribution in [1.29, 1.82) is 0 Å². The average Bonchev–Trinajstić information content (AvgIpc) is 3.42. The quantitative estimate of drug-likeness (QED) is 0.0205. The van der Waals surface area contributed by atoms with Crippen molar-refractivity contribution in [2.24, 2.45) is 0 Å². The topological polar surface area (TPSA) is 111 Å². The predicted molar refractivity (Wildman–Crippen MR) is 346 cm³/mol. The summed E-state index contributed by atoms with van der Waals surface area (Å²) in [5.74, 6) is -0.509. The molecule has 0 aliphatic carbocycles. The highest BCUT2D eigenvalue weighted by Crippen LogP contribution is 2.43. The van der Waals surface area contributed by atoms with Gasteiger partial charge in [0, 0.05) is 12.8 Å². The largest absolute Gasteiger partial charge is 0.472 e. The van der Waals surface area contributed by atoms with Gasteiger partial charge in [-0.3, -0.25) is 18.6 Å². The lowest BCUT2D eigenvalue weighted by Gasteiger charge is -2.27. The van der Waals surface area contributed by atoms with Crippen LogP contribution in [0.25, 0.3) is 0 Å². The zero-order chi connectivity index (χ0) is 58.6. The van der Waals surface area contributed by atoms with Crippen LogP contribution >= 0.6 is 7.82 Å². The van der Waals surface area contributed by atoms with Crippen LogP contribution in [-0.2, 0) is 27.9 Å². The molecular weight excluding hydrogens is 1010 g/mol. The van der Waals surface area contributed by atoms with Crippen LogP contribution in [0.5, 0.6) is 0 Å². The molecule has 2 N–H and O–H groups in total. The molecule has 0 aliphatic heterocycles. The first kappa shape index (κ1) is 78.0. The number of hydrogen-bond acceptors (Lipinski definition) is 6. The van der Waals surface area contributed by atoms with Gasteiger partial charge in [-0.05, 0) is 89.5 Å². The summed E-state index contributed by atoms with van der Waals surface area (Å²) in [7, 11) is 1.50. The number of quaternary nitrogens is 1. The van der Waals surface area contributed by atoms with E-state index in [0.717, 1.165) is 77.0 Å². The first-order chi connectivity index (χ1) is 38.9. The van der Waals surface area contributed by atoms with E-state index < -0.39 is 20.0 Å². The van der Waals surface area contributed by atoms with Crippen molar-refractivity contribution in [3.8, 4) is 0 Å². The molecule has 9 nitrogen and oxygen atoms in total. The van der Waals surface area contributed by atoms with Crippen LogP contribution in [0.2, 0.25) is 0 Å². The van der Waals surface area contributed by atoms with Gasteiger partial charge in [-0.1, -0.05) is 282 Å². The number of amides is 1. The molecule has 0 rings (SSSR count). The monoisotopic (exact) mass is 1150 g/mol. The van der Waals surface area contributed by atoms with Gasteiger partial charge in [0.15, 0.2) is 0 Å². The molecule has 0 aliphatic rings. The summed E-state index contributed by atoms with van der Waals surface area (Å²) in [4.78, 5) is 37.8. The van der Waals surface area contributed by atoms with E-state index in [-0.39, 0.29) is 31.5 Å². The number of phosphoric ester groups is 1. The first-order valence-corrected chi connectivity index (χ1v) is 36.0. The zero-order valence-corrected chi connectivity index (χ0v) is 54.7. The second-order valence-corrected chi connectivity index (χ2v) is 26.1. The van der Waals surface area contributed by atoms with E-state index in [4.69, 9.17) is 13.8 Å². The van der Waals surface area contributed by atoms with Gasteiger partial charge in [0.05, 0.1) is 33.8 Å². The van der Waals surface area contributed by atoms with Crippen LogP contribution in [0.3, 0.4) is 0 Å². The van der Waals surface area contributed by atoms with E-state index >= 15 is 0 Å². The number of phosphoric acid groups is 1. The van der Waals surface area contributed by atoms with E-state index in [0.29, 0.717) is 17.4 Å². The van der Waals surface area contributed by atoms with Gasteiger partial charge in [0.25, 0.3) is 0 Å². The number of hydrogen-bond donors (Lipinski definition) is 2. The molecule has 3 unspecified atom stereocenters. The number of allylic oxidation sites excluding steroid dienone is 7. The van der Waals surface area contributed by atoms with Crippen LogP contribution in [0.15, 0.2) is 48.6 Å². The van der Waals surface area contributed by atoms with Crippen LogP contribution in [0.4, 0.5) is 0 Å². The highest BCUT2D eigenvalue weighted by atomic mass is 31.2. The van der Waals surface area contributed by atoms with E-state index in [1.54, 1.807) is 0 Å². The Kier molecular flexibility index (Phi) is 58.6. The lowest BCUT2D eigenvalue weighted by atomic mass is 10.0. The van der Waals surface area contributed by atoms with Crippen molar-refractivity contribution in [3.05, 3.63) is 48.6 Å². The molecule has 0 spiro atoms. The zero-order valence-electron chi connectivity index (χ0n) is 53.8. The van der Waals surface area contributed by atoms with Crippen molar-refractivity contribution >= 4 is 19.7 Å². The number of likely N-dealkylation sites (N-methyl/N-ethyl adjacent to an activating group) is 1. The first-order valence-electron chi connectivity index (χ1n) is 34.5. The van der Waals surface area contributed by atoms with Crippen LogP contribution < -0.4 is 5.32 Å². The maximum Gasteiger partial charge on any atom is 0.472 e. The van der Waals surface area contributed by atoms with Crippen LogP contribution in [0.1, 0.15) is 335 Å². The Labute approximate surface area is 497 Å². The SMILES string of the molecule is CCCCC/C=C\C/C=C\CCCCCCCCCCCCCCCCCCCC(=O)NC(COP(=O)(O)OCC[N+](C)(C)C)C(/C=C\CCCCCCCCCCCCC)OC(=O)CCCCC/C=C\CCCCCCCCC. The maximum atomic E-state index is 13.6. The highest BCUT2D eigenvalue weighted by Gasteiger charge is 2.30. The third kappa shape index (κ3) is 60.6. The highest BCUT2D eigenvalue weighted by molar-refractivity contribution is 7.47. The fourth-order valence-electron chi connectivity index (χ4n) is 10.1. The third-order valence-electron chi connectivity index (χ3n) is 15.5. The van der Waals surface area contributed by atoms with Gasteiger partial charge >= 0.3 is 13.8 Å². The van der Waals surface area contributed by atoms with Crippen molar-refractivity contribution in [2.75, 3.05) is 40.9 Å². The third-order valence-corrected chi connectivity index (χ3v) is 16.5. The van der Waals surface area contributed by atoms with E-state index in [1.165, 1.54) is 225 Å². The Morgan fingerprint density at radius 1 is 0.438 bits per heavy atom. The lowest BCUT2D eigenvalue weighted by molar-refractivity contribution is -0.870. The van der Waals surface area contributed by atoms with E-state index in [2.05, 4.69) is 62.5 Å². The summed E-state index contributed by atoms with van der Waals surface area (Å²) in [6, 6.07) is -0.852. The molecule has 1 amide bonds. The maximum absolute atomic E-state index is 13.6. The van der Waals surface area contributed by atoms with Crippen molar-refractivity contribution < 1.29 is 37.3 Å². The molecule has 0 saturated carbocycles. The van der Waals surface area contributed by atoms with Crippen molar-refractivity contribution in [3.63, 3.8) is 0 Å². The summed E-state index contributed by atoms with van der Waals surface area (Å²) >= 11 is 0. The Balaban J connectivity index is 5.02. The number of unbranched alkanes of at least 4 members (excludes halogenated alkanes) is 41. The molecule has 0 aromatic carbocycles. The van der Waals surface area contributed by atoms with Crippen LogP contribution in [0, 0.1) is 0 Å². The summed E-state index contributed by atoms with van der Waals surface area (Å²) < 4.78 is 30.8. The van der Waals surface area contributed by atoms with E-state index in [9.17, 15) is 19.0 Å². The minimum Gasteiger partial charge on any atom is -0.456 e. The second-order valence-electron chi connectivity index (χ2n) is 24.7. The lowest BCUT2D eigenvalue weighted by Crippen LogP contribution is -2.47. The Morgan fingerprint density at radius 2 is 0.762 bits per heavy atom. The van der Waals surface area contributed by atoms with Gasteiger partial charge in [-0.15, -0.1) is 0 Å². The van der Waals surface area contributed by atoms with Gasteiger partial charge in [0.1, 0.15) is 19.3 Å². The Bertz CT molecular complexity index is 1510. The summed E-state index contributed by atoms with van der Waals surface area (Å²) in [6.45, 7) is 7.02. The smallest absolute Gasteiger partial charge is 0.456 e. The minimum absolute atomic E-state index is 0.0396. The fourth-order valence-corrected chi connectivity index (χ4v) is 10.9. The molecule has 0 bridgehead atoms. The molecule has 0 radical (unpaired) electrons. The number of carbonyl (C=O) groups is 2. The molecule has 0 aromatic rings. The molecular formula is C70H134N2O7P+. The molecule has 0 aromatic heterocycles. The number of rotatable bonds is 63. The Morgan fingerprint density at radius 3 is 1.18 bits per heavy atom. The molecule has 3 atom stereocenters. The van der Waals surface area contributed by atoms with Crippen molar-refractivity contribution in [2.45, 2.75) is 348 Å².